The monoisotopic (exact) mass is 337 g/mol. The van der Waals surface area contributed by atoms with Gasteiger partial charge in [0.25, 0.3) is 0 Å². The van der Waals surface area contributed by atoms with E-state index in [2.05, 4.69) is 25.4 Å². The Labute approximate surface area is 135 Å². The summed E-state index contributed by atoms with van der Waals surface area (Å²) in [5.74, 6) is 0. The number of benzene rings is 1. The van der Waals surface area contributed by atoms with E-state index in [1.165, 1.54) is 18.1 Å². The minimum Gasteiger partial charge on any atom is -0.236 e. The standard InChI is InChI=1S/C13H9Cl2N5S/c1-21-13-11(10-5-18-20-19-10)12(16-6-17-13)7-2-3-8(14)9(15)4-7/h2-6H,1H3,(H,18,19,20). The normalized spacial score (nSPS) is 10.8. The van der Waals surface area contributed by atoms with Crippen molar-refractivity contribution < 1.29 is 0 Å². The molecule has 2 heterocycles. The Morgan fingerprint density at radius 3 is 2.67 bits per heavy atom. The molecule has 0 unspecified atom stereocenters. The van der Waals surface area contributed by atoms with Crippen molar-refractivity contribution in [3.8, 4) is 22.5 Å². The van der Waals surface area contributed by atoms with E-state index < -0.39 is 0 Å². The van der Waals surface area contributed by atoms with Crippen LogP contribution in [0, 0.1) is 0 Å². The number of H-pyrrole nitrogens is 1. The highest BCUT2D eigenvalue weighted by Gasteiger charge is 2.17. The summed E-state index contributed by atoms with van der Waals surface area (Å²) in [7, 11) is 0. The van der Waals surface area contributed by atoms with Gasteiger partial charge in [0.1, 0.15) is 17.0 Å². The summed E-state index contributed by atoms with van der Waals surface area (Å²) < 4.78 is 0. The van der Waals surface area contributed by atoms with Crippen molar-refractivity contribution in [1.82, 2.24) is 25.4 Å². The fourth-order valence-corrected chi connectivity index (χ4v) is 2.80. The smallest absolute Gasteiger partial charge is 0.117 e. The average molecular weight is 338 g/mol. The predicted molar refractivity (Wildman–Crippen MR) is 84.6 cm³/mol. The number of nitrogens with one attached hydrogen (secondary N) is 1. The first kappa shape index (κ1) is 14.3. The van der Waals surface area contributed by atoms with Gasteiger partial charge in [-0.05, 0) is 18.4 Å². The molecule has 106 valence electrons. The Balaban J connectivity index is 2.25. The van der Waals surface area contributed by atoms with Crippen molar-refractivity contribution in [3.05, 3.63) is 40.8 Å². The van der Waals surface area contributed by atoms with Crippen LogP contribution in [0.4, 0.5) is 0 Å². The molecule has 3 aromatic rings. The molecule has 0 aliphatic heterocycles. The summed E-state index contributed by atoms with van der Waals surface area (Å²) in [4.78, 5) is 8.67. The highest BCUT2D eigenvalue weighted by Crippen LogP contribution is 2.36. The third-order valence-corrected chi connectivity index (χ3v) is 4.31. The predicted octanol–water partition coefficient (Wildman–Crippen LogP) is 3.96. The Morgan fingerprint density at radius 2 is 2.00 bits per heavy atom. The van der Waals surface area contributed by atoms with Gasteiger partial charge in [0, 0.05) is 5.56 Å². The molecule has 0 spiro atoms. The highest BCUT2D eigenvalue weighted by atomic mass is 35.5. The van der Waals surface area contributed by atoms with Crippen LogP contribution < -0.4 is 0 Å². The molecule has 3 rings (SSSR count). The van der Waals surface area contributed by atoms with Gasteiger partial charge >= 0.3 is 0 Å². The van der Waals surface area contributed by atoms with Crippen LogP contribution in [0.25, 0.3) is 22.5 Å². The van der Waals surface area contributed by atoms with Gasteiger partial charge in [0.05, 0.1) is 27.5 Å². The van der Waals surface area contributed by atoms with E-state index in [1.54, 1.807) is 18.3 Å². The molecule has 0 saturated carbocycles. The van der Waals surface area contributed by atoms with E-state index in [4.69, 9.17) is 23.2 Å². The van der Waals surface area contributed by atoms with E-state index in [0.29, 0.717) is 15.7 Å². The zero-order valence-corrected chi connectivity index (χ0v) is 13.2. The molecule has 0 bridgehead atoms. The van der Waals surface area contributed by atoms with Crippen molar-refractivity contribution in [2.24, 2.45) is 0 Å². The molecule has 0 amide bonds. The maximum atomic E-state index is 6.10. The molecular formula is C13H9Cl2N5S. The zero-order chi connectivity index (χ0) is 14.8. The van der Waals surface area contributed by atoms with Gasteiger partial charge in [-0.15, -0.1) is 11.8 Å². The third-order valence-electron chi connectivity index (χ3n) is 2.87. The minimum atomic E-state index is 0.476. The minimum absolute atomic E-state index is 0.476. The molecule has 1 N–H and O–H groups in total. The van der Waals surface area contributed by atoms with Crippen LogP contribution in [0.5, 0.6) is 0 Å². The first-order valence-electron chi connectivity index (χ1n) is 5.91. The second-order valence-corrected chi connectivity index (χ2v) is 5.70. The Morgan fingerprint density at radius 1 is 1.14 bits per heavy atom. The Hall–Kier alpha value is -1.63. The average Bonchev–Trinajstić information content (AvgIpc) is 3.03. The van der Waals surface area contributed by atoms with Crippen LogP contribution in [0.15, 0.2) is 35.7 Å². The van der Waals surface area contributed by atoms with Gasteiger partial charge in [0.15, 0.2) is 0 Å². The fraction of sp³-hybridized carbons (Fsp3) is 0.0769. The third kappa shape index (κ3) is 2.74. The summed E-state index contributed by atoms with van der Waals surface area (Å²) >= 11 is 13.6. The number of nitrogens with zero attached hydrogens (tertiary/aromatic N) is 4. The molecule has 0 saturated heterocycles. The molecule has 8 heteroatoms. The van der Waals surface area contributed by atoms with Crippen LogP contribution in [-0.2, 0) is 0 Å². The summed E-state index contributed by atoms with van der Waals surface area (Å²) in [6.07, 6.45) is 5.11. The van der Waals surface area contributed by atoms with Gasteiger partial charge in [-0.2, -0.15) is 15.4 Å². The van der Waals surface area contributed by atoms with Crippen LogP contribution in [0.2, 0.25) is 10.0 Å². The van der Waals surface area contributed by atoms with Crippen molar-refractivity contribution in [1.29, 1.82) is 0 Å². The summed E-state index contributed by atoms with van der Waals surface area (Å²) in [6, 6.07) is 5.39. The van der Waals surface area contributed by atoms with Crippen LogP contribution >= 0.6 is 35.0 Å². The van der Waals surface area contributed by atoms with Crippen LogP contribution in [0.3, 0.4) is 0 Å². The molecule has 21 heavy (non-hydrogen) atoms. The molecule has 0 aliphatic carbocycles. The first-order chi connectivity index (χ1) is 10.2. The van der Waals surface area contributed by atoms with E-state index in [9.17, 15) is 0 Å². The lowest BCUT2D eigenvalue weighted by Gasteiger charge is -2.10. The lowest BCUT2D eigenvalue weighted by molar-refractivity contribution is 0.939. The summed E-state index contributed by atoms with van der Waals surface area (Å²) in [5.41, 5.74) is 3.08. The maximum Gasteiger partial charge on any atom is 0.117 e. The number of thioether (sulfide) groups is 1. The topological polar surface area (TPSA) is 67.3 Å². The van der Waals surface area contributed by atoms with Crippen LogP contribution in [0.1, 0.15) is 0 Å². The quantitative estimate of drug-likeness (QED) is 0.578. The SMILES string of the molecule is CSc1ncnc(-c2ccc(Cl)c(Cl)c2)c1-c1cn[nH]n1. The number of aromatic amines is 1. The first-order valence-corrected chi connectivity index (χ1v) is 7.89. The van der Waals surface area contributed by atoms with Crippen molar-refractivity contribution >= 4 is 35.0 Å². The number of hydrogen-bond donors (Lipinski definition) is 1. The molecule has 2 aromatic heterocycles. The maximum absolute atomic E-state index is 6.10. The summed E-state index contributed by atoms with van der Waals surface area (Å²) in [6.45, 7) is 0. The molecule has 0 radical (unpaired) electrons. The van der Waals surface area contributed by atoms with Gasteiger partial charge in [-0.3, -0.25) is 0 Å². The fourth-order valence-electron chi connectivity index (χ4n) is 1.94. The lowest BCUT2D eigenvalue weighted by Crippen LogP contribution is -1.95. The number of aromatic nitrogens is 5. The molecule has 0 aliphatic rings. The number of hydrogen-bond acceptors (Lipinski definition) is 5. The second kappa shape index (κ2) is 6.01. The van der Waals surface area contributed by atoms with E-state index >= 15 is 0 Å². The Bertz CT molecular complexity index is 776. The van der Waals surface area contributed by atoms with Gasteiger partial charge < -0.3 is 0 Å². The molecule has 0 fully saturated rings. The van der Waals surface area contributed by atoms with Gasteiger partial charge in [-0.25, -0.2) is 9.97 Å². The summed E-state index contributed by atoms with van der Waals surface area (Å²) in [5, 5.41) is 12.4. The van der Waals surface area contributed by atoms with E-state index in [-0.39, 0.29) is 0 Å². The molecule has 1 aromatic carbocycles. The van der Waals surface area contributed by atoms with Crippen LogP contribution in [-0.4, -0.2) is 31.6 Å². The van der Waals surface area contributed by atoms with Gasteiger partial charge in [-0.1, -0.05) is 29.3 Å². The van der Waals surface area contributed by atoms with Crippen molar-refractivity contribution in [2.45, 2.75) is 5.03 Å². The van der Waals surface area contributed by atoms with Gasteiger partial charge in [0.2, 0.25) is 0 Å². The number of halogens is 2. The number of rotatable bonds is 3. The largest absolute Gasteiger partial charge is 0.236 e. The lowest BCUT2D eigenvalue weighted by atomic mass is 10.1. The zero-order valence-electron chi connectivity index (χ0n) is 10.8. The molecule has 0 atom stereocenters. The van der Waals surface area contributed by atoms with Crippen molar-refractivity contribution in [3.63, 3.8) is 0 Å². The second-order valence-electron chi connectivity index (χ2n) is 4.09. The van der Waals surface area contributed by atoms with E-state index in [1.807, 2.05) is 12.3 Å². The highest BCUT2D eigenvalue weighted by molar-refractivity contribution is 7.98. The van der Waals surface area contributed by atoms with E-state index in [0.717, 1.165) is 21.8 Å². The molecular weight excluding hydrogens is 329 g/mol. The Kier molecular flexibility index (Phi) is 4.10. The molecule has 5 nitrogen and oxygen atoms in total. The van der Waals surface area contributed by atoms with Crippen molar-refractivity contribution in [2.75, 3.05) is 6.26 Å².